The first-order chi connectivity index (χ1) is 11.7. The summed E-state index contributed by atoms with van der Waals surface area (Å²) in [7, 11) is 2.02. The number of aryl methyl sites for hydroxylation is 1. The Morgan fingerprint density at radius 2 is 1.96 bits per heavy atom. The van der Waals surface area contributed by atoms with Gasteiger partial charge in [-0.05, 0) is 83.3 Å². The van der Waals surface area contributed by atoms with Gasteiger partial charge in [0.1, 0.15) is 0 Å². The molecular formula is C20H31N3O. The number of hydrogen-bond acceptors (Lipinski definition) is 3. The Balaban J connectivity index is 1.58. The lowest BCUT2D eigenvalue weighted by Crippen LogP contribution is -2.48. The van der Waals surface area contributed by atoms with Crippen LogP contribution in [0.3, 0.4) is 0 Å². The summed E-state index contributed by atoms with van der Waals surface area (Å²) in [5.41, 5.74) is 2.44. The SMILES string of the molecule is CNCCC1CCN(CC(=O)N2c3ccccc3CCC2C)CC1. The van der Waals surface area contributed by atoms with Crippen LogP contribution in [0, 0.1) is 5.92 Å². The van der Waals surface area contributed by atoms with E-state index < -0.39 is 0 Å². The van der Waals surface area contributed by atoms with Crippen LogP contribution in [-0.2, 0) is 11.2 Å². The number of carbonyl (C=O) groups excluding carboxylic acids is 1. The lowest BCUT2D eigenvalue weighted by atomic mass is 9.93. The molecule has 3 rings (SSSR count). The molecule has 0 bridgehead atoms. The van der Waals surface area contributed by atoms with Crippen molar-refractivity contribution in [3.63, 3.8) is 0 Å². The van der Waals surface area contributed by atoms with Gasteiger partial charge < -0.3 is 10.2 Å². The third-order valence-electron chi connectivity index (χ3n) is 5.66. The summed E-state index contributed by atoms with van der Waals surface area (Å²) in [5.74, 6) is 1.08. The molecule has 4 nitrogen and oxygen atoms in total. The number of rotatable bonds is 5. The summed E-state index contributed by atoms with van der Waals surface area (Å²) in [4.78, 5) is 17.4. The monoisotopic (exact) mass is 329 g/mol. The highest BCUT2D eigenvalue weighted by molar-refractivity contribution is 5.96. The second-order valence-corrected chi connectivity index (χ2v) is 7.39. The van der Waals surface area contributed by atoms with Gasteiger partial charge in [-0.2, -0.15) is 0 Å². The molecule has 132 valence electrons. The fraction of sp³-hybridized carbons (Fsp3) is 0.650. The third-order valence-corrected chi connectivity index (χ3v) is 5.66. The first kappa shape index (κ1) is 17.4. The number of nitrogens with one attached hydrogen (secondary N) is 1. The topological polar surface area (TPSA) is 35.6 Å². The molecule has 0 aliphatic carbocycles. The highest BCUT2D eigenvalue weighted by Gasteiger charge is 2.29. The Hall–Kier alpha value is -1.39. The van der Waals surface area contributed by atoms with Crippen molar-refractivity contribution >= 4 is 11.6 Å². The largest absolute Gasteiger partial charge is 0.320 e. The van der Waals surface area contributed by atoms with E-state index in [2.05, 4.69) is 35.3 Å². The van der Waals surface area contributed by atoms with E-state index in [0.717, 1.165) is 44.1 Å². The molecule has 2 aliphatic heterocycles. The van der Waals surface area contributed by atoms with Crippen LogP contribution in [0.4, 0.5) is 5.69 Å². The van der Waals surface area contributed by atoms with Gasteiger partial charge in [-0.3, -0.25) is 9.69 Å². The van der Waals surface area contributed by atoms with Crippen LogP contribution < -0.4 is 10.2 Å². The van der Waals surface area contributed by atoms with E-state index in [1.807, 2.05) is 18.0 Å². The number of hydrogen-bond donors (Lipinski definition) is 1. The zero-order chi connectivity index (χ0) is 16.9. The molecule has 2 aliphatic rings. The number of para-hydroxylation sites is 1. The Kier molecular flexibility index (Phi) is 5.90. The van der Waals surface area contributed by atoms with Gasteiger partial charge in [-0.25, -0.2) is 0 Å². The smallest absolute Gasteiger partial charge is 0.241 e. The van der Waals surface area contributed by atoms with E-state index in [0.29, 0.717) is 12.6 Å². The first-order valence-electron chi connectivity index (χ1n) is 9.46. The molecule has 1 atom stereocenters. The van der Waals surface area contributed by atoms with Crippen molar-refractivity contribution in [2.75, 3.05) is 38.1 Å². The normalized spacial score (nSPS) is 22.4. The van der Waals surface area contributed by atoms with Gasteiger partial charge in [0.25, 0.3) is 0 Å². The van der Waals surface area contributed by atoms with Crippen LogP contribution in [0.5, 0.6) is 0 Å². The van der Waals surface area contributed by atoms with E-state index in [1.165, 1.54) is 24.8 Å². The maximum absolute atomic E-state index is 13.0. The van der Waals surface area contributed by atoms with Gasteiger partial charge in [0, 0.05) is 11.7 Å². The molecule has 0 radical (unpaired) electrons. The van der Waals surface area contributed by atoms with E-state index in [9.17, 15) is 4.79 Å². The Morgan fingerprint density at radius 1 is 1.21 bits per heavy atom. The van der Waals surface area contributed by atoms with E-state index in [1.54, 1.807) is 0 Å². The standard InChI is InChI=1S/C20H31N3O/c1-16-7-8-18-5-3-4-6-19(18)23(16)20(24)15-22-13-10-17(11-14-22)9-12-21-2/h3-6,16-17,21H,7-15H2,1-2H3. The molecule has 1 amide bonds. The lowest BCUT2D eigenvalue weighted by Gasteiger charge is -2.38. The molecule has 1 N–H and O–H groups in total. The molecule has 1 fully saturated rings. The zero-order valence-corrected chi connectivity index (χ0v) is 15.1. The fourth-order valence-corrected chi connectivity index (χ4v) is 4.12. The maximum atomic E-state index is 13.0. The molecule has 0 aromatic heterocycles. The summed E-state index contributed by atoms with van der Waals surface area (Å²) < 4.78 is 0. The minimum absolute atomic E-state index is 0.267. The van der Waals surface area contributed by atoms with Crippen LogP contribution in [0.1, 0.15) is 38.2 Å². The predicted molar refractivity (Wildman–Crippen MR) is 99.4 cm³/mol. The minimum Gasteiger partial charge on any atom is -0.320 e. The van der Waals surface area contributed by atoms with Gasteiger partial charge >= 0.3 is 0 Å². The summed E-state index contributed by atoms with van der Waals surface area (Å²) in [5, 5.41) is 3.24. The molecule has 24 heavy (non-hydrogen) atoms. The van der Waals surface area contributed by atoms with Gasteiger partial charge in [-0.1, -0.05) is 18.2 Å². The van der Waals surface area contributed by atoms with Crippen LogP contribution in [-0.4, -0.2) is 50.1 Å². The number of nitrogens with zero attached hydrogens (tertiary/aromatic N) is 2. The fourth-order valence-electron chi connectivity index (χ4n) is 4.12. The predicted octanol–water partition coefficient (Wildman–Crippen LogP) is 2.68. The highest BCUT2D eigenvalue weighted by Crippen LogP contribution is 2.31. The molecule has 1 aromatic carbocycles. The second-order valence-electron chi connectivity index (χ2n) is 7.39. The Morgan fingerprint density at radius 3 is 2.71 bits per heavy atom. The number of benzene rings is 1. The van der Waals surface area contributed by atoms with E-state index in [-0.39, 0.29) is 5.91 Å². The van der Waals surface area contributed by atoms with Crippen LogP contribution in [0.2, 0.25) is 0 Å². The summed E-state index contributed by atoms with van der Waals surface area (Å²) in [6.07, 6.45) is 5.85. The third kappa shape index (κ3) is 3.98. The quantitative estimate of drug-likeness (QED) is 0.902. The molecule has 1 saturated heterocycles. The highest BCUT2D eigenvalue weighted by atomic mass is 16.2. The number of anilines is 1. The molecule has 0 spiro atoms. The average Bonchev–Trinajstić information content (AvgIpc) is 2.61. The molecule has 1 unspecified atom stereocenters. The summed E-state index contributed by atoms with van der Waals surface area (Å²) in [6.45, 7) is 5.97. The van der Waals surface area contributed by atoms with Gasteiger partial charge in [0.15, 0.2) is 0 Å². The molecule has 2 heterocycles. The maximum Gasteiger partial charge on any atom is 0.241 e. The van der Waals surface area contributed by atoms with Crippen LogP contribution >= 0.6 is 0 Å². The number of carbonyl (C=O) groups is 1. The van der Waals surface area contributed by atoms with Crippen molar-refractivity contribution in [2.45, 2.75) is 45.1 Å². The minimum atomic E-state index is 0.267. The van der Waals surface area contributed by atoms with Crippen LogP contribution in [0.25, 0.3) is 0 Å². The zero-order valence-electron chi connectivity index (χ0n) is 15.1. The summed E-state index contributed by atoms with van der Waals surface area (Å²) in [6, 6.07) is 8.69. The number of fused-ring (bicyclic) bond motifs is 1. The molecular weight excluding hydrogens is 298 g/mol. The molecule has 1 aromatic rings. The van der Waals surface area contributed by atoms with Gasteiger partial charge in [-0.15, -0.1) is 0 Å². The van der Waals surface area contributed by atoms with Crippen LogP contribution in [0.15, 0.2) is 24.3 Å². The van der Waals surface area contributed by atoms with Crippen molar-refractivity contribution < 1.29 is 4.79 Å². The van der Waals surface area contributed by atoms with Crippen molar-refractivity contribution in [1.29, 1.82) is 0 Å². The van der Waals surface area contributed by atoms with Crippen molar-refractivity contribution in [3.05, 3.63) is 29.8 Å². The first-order valence-corrected chi connectivity index (χ1v) is 9.46. The van der Waals surface area contributed by atoms with Gasteiger partial charge in [0.05, 0.1) is 6.54 Å². The average molecular weight is 329 g/mol. The lowest BCUT2D eigenvalue weighted by molar-refractivity contribution is -0.120. The second kappa shape index (κ2) is 8.13. The van der Waals surface area contributed by atoms with E-state index in [4.69, 9.17) is 0 Å². The number of likely N-dealkylation sites (tertiary alicyclic amines) is 1. The number of amides is 1. The van der Waals surface area contributed by atoms with Gasteiger partial charge in [0.2, 0.25) is 5.91 Å². The molecule has 4 heteroatoms. The Bertz CT molecular complexity index is 552. The summed E-state index contributed by atoms with van der Waals surface area (Å²) >= 11 is 0. The van der Waals surface area contributed by atoms with E-state index >= 15 is 0 Å². The molecule has 0 saturated carbocycles. The van der Waals surface area contributed by atoms with Crippen molar-refractivity contribution in [3.8, 4) is 0 Å². The van der Waals surface area contributed by atoms with Crippen molar-refractivity contribution in [2.24, 2.45) is 5.92 Å². The Labute approximate surface area is 146 Å². The number of piperidine rings is 1. The van der Waals surface area contributed by atoms with Crippen molar-refractivity contribution in [1.82, 2.24) is 10.2 Å².